The number of anilines is 1. The van der Waals surface area contributed by atoms with Crippen molar-refractivity contribution in [2.24, 2.45) is 0 Å². The van der Waals surface area contributed by atoms with Crippen LogP contribution in [0.25, 0.3) is 0 Å². The Kier molecular flexibility index (Phi) is 3.62. The number of hydrogen-bond acceptors (Lipinski definition) is 4. The maximum atomic E-state index is 12.1. The lowest BCUT2D eigenvalue weighted by Crippen LogP contribution is -2.13. The average molecular weight is 293 g/mol. The molecule has 0 aromatic heterocycles. The quantitative estimate of drug-likeness (QED) is 0.798. The van der Waals surface area contributed by atoms with E-state index in [1.165, 1.54) is 48.5 Å². The average Bonchev–Trinajstić information content (AvgIpc) is 2.38. The summed E-state index contributed by atoms with van der Waals surface area (Å²) in [5.41, 5.74) is 0.216. The number of nitrogens with one attached hydrogen (secondary N) is 1. The van der Waals surface area contributed by atoms with Gasteiger partial charge in [0.2, 0.25) is 0 Å². The van der Waals surface area contributed by atoms with E-state index in [0.29, 0.717) is 0 Å². The van der Waals surface area contributed by atoms with E-state index in [-0.39, 0.29) is 21.9 Å². The fourth-order valence-electron chi connectivity index (χ4n) is 1.56. The Balaban J connectivity index is 2.28. The maximum absolute atomic E-state index is 12.1. The molecule has 2 rings (SSSR count). The molecule has 0 spiro atoms. The van der Waals surface area contributed by atoms with Crippen LogP contribution >= 0.6 is 0 Å². The van der Waals surface area contributed by atoms with E-state index in [1.807, 2.05) is 0 Å². The molecular formula is C13H11NO5S. The number of rotatable bonds is 4. The fraction of sp³-hybridized carbons (Fsp3) is 0. The molecule has 0 bridgehead atoms. The summed E-state index contributed by atoms with van der Waals surface area (Å²) >= 11 is 0. The summed E-state index contributed by atoms with van der Waals surface area (Å²) in [6.45, 7) is 0. The van der Waals surface area contributed by atoms with Crippen LogP contribution in [0, 0.1) is 0 Å². The van der Waals surface area contributed by atoms with Crippen molar-refractivity contribution < 1.29 is 23.4 Å². The van der Waals surface area contributed by atoms with Crippen molar-refractivity contribution in [1.29, 1.82) is 0 Å². The molecule has 0 unspecified atom stereocenters. The number of carboxylic acid groups (broad SMARTS) is 1. The first-order valence-electron chi connectivity index (χ1n) is 5.54. The number of hydrogen-bond donors (Lipinski definition) is 3. The minimum Gasteiger partial charge on any atom is -0.508 e. The molecule has 104 valence electrons. The molecular weight excluding hydrogens is 282 g/mol. The van der Waals surface area contributed by atoms with Crippen molar-refractivity contribution in [2.45, 2.75) is 4.90 Å². The molecule has 0 atom stereocenters. The van der Waals surface area contributed by atoms with Crippen LogP contribution in [0.1, 0.15) is 10.4 Å². The number of phenolic OH excluding ortho intramolecular Hbond substituents is 1. The van der Waals surface area contributed by atoms with Gasteiger partial charge >= 0.3 is 5.97 Å². The number of carbonyl (C=O) groups is 1. The normalized spacial score (nSPS) is 11.0. The Morgan fingerprint density at radius 1 is 1.05 bits per heavy atom. The molecule has 0 aliphatic rings. The summed E-state index contributed by atoms with van der Waals surface area (Å²) in [5.74, 6) is -1.19. The first-order chi connectivity index (χ1) is 9.38. The molecule has 0 fully saturated rings. The lowest BCUT2D eigenvalue weighted by molar-refractivity contribution is 0.0696. The largest absolute Gasteiger partial charge is 0.508 e. The summed E-state index contributed by atoms with van der Waals surface area (Å²) < 4.78 is 26.4. The Hall–Kier alpha value is -2.54. The van der Waals surface area contributed by atoms with E-state index in [0.717, 1.165) is 0 Å². The first-order valence-corrected chi connectivity index (χ1v) is 7.02. The molecule has 0 saturated carbocycles. The zero-order chi connectivity index (χ0) is 14.8. The molecule has 2 aromatic rings. The van der Waals surface area contributed by atoms with Crippen molar-refractivity contribution in [1.82, 2.24) is 0 Å². The Bertz CT molecular complexity index is 738. The predicted octanol–water partition coefficient (Wildman–Crippen LogP) is 1.89. The van der Waals surface area contributed by atoms with Gasteiger partial charge in [-0.25, -0.2) is 13.2 Å². The number of carboxylic acids is 1. The number of aromatic carboxylic acids is 1. The fourth-order valence-corrected chi connectivity index (χ4v) is 2.61. The smallest absolute Gasteiger partial charge is 0.335 e. The highest BCUT2D eigenvalue weighted by atomic mass is 32.2. The van der Waals surface area contributed by atoms with Crippen LogP contribution in [-0.4, -0.2) is 24.6 Å². The molecule has 20 heavy (non-hydrogen) atoms. The maximum Gasteiger partial charge on any atom is 0.335 e. The van der Waals surface area contributed by atoms with Crippen LogP contribution in [0.5, 0.6) is 5.75 Å². The molecule has 0 aliphatic carbocycles. The minimum absolute atomic E-state index is 0.00121. The highest BCUT2D eigenvalue weighted by molar-refractivity contribution is 7.92. The Morgan fingerprint density at radius 3 is 2.25 bits per heavy atom. The summed E-state index contributed by atoms with van der Waals surface area (Å²) in [6.07, 6.45) is 0. The number of aromatic hydroxyl groups is 1. The molecule has 3 N–H and O–H groups in total. The van der Waals surface area contributed by atoms with Crippen molar-refractivity contribution >= 4 is 21.7 Å². The van der Waals surface area contributed by atoms with Gasteiger partial charge in [0.1, 0.15) is 5.75 Å². The van der Waals surface area contributed by atoms with E-state index in [1.54, 1.807) is 0 Å². The highest BCUT2D eigenvalue weighted by Gasteiger charge is 2.15. The number of phenols is 1. The summed E-state index contributed by atoms with van der Waals surface area (Å²) in [4.78, 5) is 10.6. The molecule has 7 heteroatoms. The van der Waals surface area contributed by atoms with Crippen molar-refractivity contribution in [3.8, 4) is 5.75 Å². The van der Waals surface area contributed by atoms with Crippen molar-refractivity contribution in [3.63, 3.8) is 0 Å². The molecule has 0 aliphatic heterocycles. The van der Waals surface area contributed by atoms with Gasteiger partial charge in [0.05, 0.1) is 16.1 Å². The standard InChI is InChI=1S/C13H11NO5S/c15-11-3-1-2-10(8-11)14-20(18,19)12-6-4-9(5-7-12)13(16)17/h1-8,14-15H,(H,16,17). The molecule has 0 heterocycles. The van der Waals surface area contributed by atoms with Gasteiger partial charge in [-0.15, -0.1) is 0 Å². The van der Waals surface area contributed by atoms with E-state index in [9.17, 15) is 18.3 Å². The van der Waals surface area contributed by atoms with Crippen molar-refractivity contribution in [3.05, 3.63) is 54.1 Å². The van der Waals surface area contributed by atoms with Gasteiger partial charge in [0.15, 0.2) is 0 Å². The summed E-state index contributed by atoms with van der Waals surface area (Å²) in [6, 6.07) is 10.5. The predicted molar refractivity (Wildman–Crippen MR) is 72.3 cm³/mol. The first kappa shape index (κ1) is 13.9. The van der Waals surface area contributed by atoms with Crippen LogP contribution in [0.3, 0.4) is 0 Å². The molecule has 6 nitrogen and oxygen atoms in total. The Labute approximate surface area is 115 Å². The van der Waals surface area contributed by atoms with Gasteiger partial charge in [0, 0.05) is 6.07 Å². The third kappa shape index (κ3) is 3.07. The Morgan fingerprint density at radius 2 is 1.70 bits per heavy atom. The van der Waals surface area contributed by atoms with E-state index < -0.39 is 16.0 Å². The van der Waals surface area contributed by atoms with Crippen LogP contribution in [0.2, 0.25) is 0 Å². The number of sulfonamides is 1. The third-order valence-corrected chi connectivity index (χ3v) is 3.91. The lowest BCUT2D eigenvalue weighted by atomic mass is 10.2. The summed E-state index contributed by atoms with van der Waals surface area (Å²) in [7, 11) is -3.83. The van der Waals surface area contributed by atoms with Gasteiger partial charge in [-0.1, -0.05) is 6.07 Å². The van der Waals surface area contributed by atoms with E-state index in [2.05, 4.69) is 4.72 Å². The monoisotopic (exact) mass is 293 g/mol. The zero-order valence-electron chi connectivity index (χ0n) is 10.1. The number of benzene rings is 2. The molecule has 0 amide bonds. The van der Waals surface area contributed by atoms with Gasteiger partial charge in [-0.05, 0) is 36.4 Å². The van der Waals surface area contributed by atoms with Crippen LogP contribution < -0.4 is 4.72 Å². The minimum atomic E-state index is -3.83. The van der Waals surface area contributed by atoms with Gasteiger partial charge in [-0.2, -0.15) is 0 Å². The second kappa shape index (κ2) is 5.22. The van der Waals surface area contributed by atoms with Crippen LogP contribution in [0.15, 0.2) is 53.4 Å². The second-order valence-electron chi connectivity index (χ2n) is 3.99. The topological polar surface area (TPSA) is 104 Å². The van der Waals surface area contributed by atoms with E-state index in [4.69, 9.17) is 5.11 Å². The van der Waals surface area contributed by atoms with Crippen LogP contribution in [0.4, 0.5) is 5.69 Å². The lowest BCUT2D eigenvalue weighted by Gasteiger charge is -2.08. The van der Waals surface area contributed by atoms with E-state index >= 15 is 0 Å². The zero-order valence-corrected chi connectivity index (χ0v) is 11.0. The SMILES string of the molecule is O=C(O)c1ccc(S(=O)(=O)Nc2cccc(O)c2)cc1. The van der Waals surface area contributed by atoms with Crippen molar-refractivity contribution in [2.75, 3.05) is 4.72 Å². The van der Waals surface area contributed by atoms with Crippen LogP contribution in [-0.2, 0) is 10.0 Å². The van der Waals surface area contributed by atoms with Gasteiger partial charge in [0.25, 0.3) is 10.0 Å². The second-order valence-corrected chi connectivity index (χ2v) is 5.67. The molecule has 2 aromatic carbocycles. The third-order valence-electron chi connectivity index (χ3n) is 2.51. The summed E-state index contributed by atoms with van der Waals surface area (Å²) in [5, 5.41) is 18.0. The molecule has 0 saturated heterocycles. The van der Waals surface area contributed by atoms with Gasteiger partial charge < -0.3 is 10.2 Å². The highest BCUT2D eigenvalue weighted by Crippen LogP contribution is 2.20. The molecule has 0 radical (unpaired) electrons. The van der Waals surface area contributed by atoms with Gasteiger partial charge in [-0.3, -0.25) is 4.72 Å².